The Morgan fingerprint density at radius 1 is 1.25 bits per heavy atom. The minimum Gasteiger partial charge on any atom is -0.497 e. The fraction of sp³-hybridized carbons (Fsp3) is 0.389. The van der Waals surface area contributed by atoms with Gasteiger partial charge in [-0.15, -0.1) is 0 Å². The molecule has 1 heterocycles. The monoisotopic (exact) mass is 346 g/mol. The number of methoxy groups -OCH3 is 1. The van der Waals surface area contributed by atoms with Crippen molar-refractivity contribution in [2.45, 2.75) is 44.2 Å². The van der Waals surface area contributed by atoms with Gasteiger partial charge in [-0.1, -0.05) is 6.07 Å². The first-order valence-electron chi connectivity index (χ1n) is 7.99. The van der Waals surface area contributed by atoms with Crippen molar-refractivity contribution in [3.63, 3.8) is 0 Å². The van der Waals surface area contributed by atoms with Crippen LogP contribution < -0.4 is 4.74 Å². The van der Waals surface area contributed by atoms with Crippen LogP contribution in [-0.4, -0.2) is 30.9 Å². The molecule has 3 rings (SSSR count). The third kappa shape index (κ3) is 3.30. The molecule has 1 fully saturated rings. The quantitative estimate of drug-likeness (QED) is 0.806. The van der Waals surface area contributed by atoms with E-state index in [9.17, 15) is 8.42 Å². The summed E-state index contributed by atoms with van der Waals surface area (Å²) in [5.74, 6) is 0.675. The van der Waals surface area contributed by atoms with Crippen molar-refractivity contribution in [2.24, 2.45) is 0 Å². The Morgan fingerprint density at radius 3 is 2.42 bits per heavy atom. The zero-order valence-corrected chi connectivity index (χ0v) is 15.0. The highest BCUT2D eigenvalue weighted by atomic mass is 32.2. The Morgan fingerprint density at radius 2 is 1.92 bits per heavy atom. The lowest BCUT2D eigenvalue weighted by atomic mass is 10.1. The lowest BCUT2D eigenvalue weighted by Crippen LogP contribution is -2.33. The van der Waals surface area contributed by atoms with Gasteiger partial charge in [-0.3, -0.25) is 4.98 Å². The van der Waals surface area contributed by atoms with Crippen LogP contribution in [0.1, 0.15) is 29.5 Å². The first-order valence-corrected chi connectivity index (χ1v) is 9.43. The molecule has 0 radical (unpaired) electrons. The topological polar surface area (TPSA) is 59.5 Å². The Labute approximate surface area is 143 Å². The van der Waals surface area contributed by atoms with E-state index in [0.29, 0.717) is 28.3 Å². The third-order valence-corrected chi connectivity index (χ3v) is 6.46. The van der Waals surface area contributed by atoms with Crippen molar-refractivity contribution in [3.05, 3.63) is 53.3 Å². The van der Waals surface area contributed by atoms with Gasteiger partial charge < -0.3 is 4.74 Å². The number of rotatable bonds is 6. The Balaban J connectivity index is 2.01. The summed E-state index contributed by atoms with van der Waals surface area (Å²) >= 11 is 0. The molecule has 2 aromatic rings. The zero-order valence-electron chi connectivity index (χ0n) is 14.2. The number of ether oxygens (including phenoxy) is 1. The molecule has 1 aliphatic rings. The molecule has 1 aliphatic carbocycles. The van der Waals surface area contributed by atoms with Gasteiger partial charge in [-0.2, -0.15) is 4.31 Å². The van der Waals surface area contributed by atoms with Gasteiger partial charge in [-0.25, -0.2) is 8.42 Å². The second-order valence-corrected chi connectivity index (χ2v) is 8.06. The molecule has 0 bridgehead atoms. The van der Waals surface area contributed by atoms with E-state index in [1.54, 1.807) is 35.9 Å². The molecule has 0 unspecified atom stereocenters. The van der Waals surface area contributed by atoms with E-state index in [-0.39, 0.29) is 6.04 Å². The minimum absolute atomic E-state index is 0.0797. The largest absolute Gasteiger partial charge is 0.497 e. The summed E-state index contributed by atoms with van der Waals surface area (Å²) in [4.78, 5) is 4.48. The summed E-state index contributed by atoms with van der Waals surface area (Å²) in [5.41, 5.74) is 2.32. The maximum Gasteiger partial charge on any atom is 0.244 e. The molecule has 24 heavy (non-hydrogen) atoms. The summed E-state index contributed by atoms with van der Waals surface area (Å²) in [6, 6.07) is 7.36. The van der Waals surface area contributed by atoms with Crippen LogP contribution in [0.15, 0.2) is 41.6 Å². The number of nitrogens with zero attached hydrogens (tertiary/aromatic N) is 2. The molecule has 5 nitrogen and oxygen atoms in total. The van der Waals surface area contributed by atoms with Crippen molar-refractivity contribution in [2.75, 3.05) is 7.11 Å². The SMILES string of the molecule is COc1cc(C)c(S(=O)(=O)N(Cc2cccnc2)C2CC2)c(C)c1. The highest BCUT2D eigenvalue weighted by Crippen LogP contribution is 2.36. The Hall–Kier alpha value is -1.92. The highest BCUT2D eigenvalue weighted by molar-refractivity contribution is 7.89. The van der Waals surface area contributed by atoms with Gasteiger partial charge >= 0.3 is 0 Å². The molecule has 6 heteroatoms. The zero-order chi connectivity index (χ0) is 17.3. The van der Waals surface area contributed by atoms with Crippen LogP contribution in [0.2, 0.25) is 0 Å². The van der Waals surface area contributed by atoms with E-state index in [2.05, 4.69) is 4.98 Å². The minimum atomic E-state index is -3.57. The molecule has 0 saturated heterocycles. The average molecular weight is 346 g/mol. The van der Waals surface area contributed by atoms with Crippen LogP contribution in [0.25, 0.3) is 0 Å². The van der Waals surface area contributed by atoms with Crippen LogP contribution in [0.3, 0.4) is 0 Å². The Kier molecular flexibility index (Phi) is 4.60. The van der Waals surface area contributed by atoms with Crippen LogP contribution >= 0.6 is 0 Å². The molecular weight excluding hydrogens is 324 g/mol. The standard InChI is InChI=1S/C18H22N2O3S/c1-13-9-17(23-3)10-14(2)18(13)24(21,22)20(16-6-7-16)12-15-5-4-8-19-11-15/h4-5,8-11,16H,6-7,12H2,1-3H3. The van der Waals surface area contributed by atoms with Gasteiger partial charge in [0, 0.05) is 25.0 Å². The molecule has 0 atom stereocenters. The molecule has 1 saturated carbocycles. The Bertz CT molecular complexity index is 808. The number of hydrogen-bond donors (Lipinski definition) is 0. The number of aryl methyl sites for hydroxylation is 2. The van der Waals surface area contributed by atoms with Crippen molar-refractivity contribution < 1.29 is 13.2 Å². The van der Waals surface area contributed by atoms with Crippen molar-refractivity contribution in [1.82, 2.24) is 9.29 Å². The number of hydrogen-bond acceptors (Lipinski definition) is 4. The molecule has 0 N–H and O–H groups in total. The number of sulfonamides is 1. The van der Waals surface area contributed by atoms with Crippen LogP contribution in [0.4, 0.5) is 0 Å². The average Bonchev–Trinajstić information content (AvgIpc) is 3.37. The van der Waals surface area contributed by atoms with Gasteiger partial charge in [0.25, 0.3) is 0 Å². The fourth-order valence-electron chi connectivity index (χ4n) is 3.00. The van der Waals surface area contributed by atoms with Crippen molar-refractivity contribution in [3.8, 4) is 5.75 Å². The molecule has 128 valence electrons. The maximum absolute atomic E-state index is 13.3. The summed E-state index contributed by atoms with van der Waals surface area (Å²) in [5, 5.41) is 0. The van der Waals surface area contributed by atoms with Crippen LogP contribution in [0, 0.1) is 13.8 Å². The lowest BCUT2D eigenvalue weighted by molar-refractivity contribution is 0.396. The van der Waals surface area contributed by atoms with E-state index >= 15 is 0 Å². The van der Waals surface area contributed by atoms with Gasteiger partial charge in [-0.05, 0) is 61.6 Å². The molecule has 0 aliphatic heterocycles. The van der Waals surface area contributed by atoms with E-state index < -0.39 is 10.0 Å². The lowest BCUT2D eigenvalue weighted by Gasteiger charge is -2.24. The molecule has 1 aromatic heterocycles. The van der Waals surface area contributed by atoms with Gasteiger partial charge in [0.1, 0.15) is 5.75 Å². The van der Waals surface area contributed by atoms with E-state index in [0.717, 1.165) is 18.4 Å². The smallest absolute Gasteiger partial charge is 0.244 e. The van der Waals surface area contributed by atoms with Crippen LogP contribution in [-0.2, 0) is 16.6 Å². The van der Waals surface area contributed by atoms with Crippen molar-refractivity contribution >= 4 is 10.0 Å². The van der Waals surface area contributed by atoms with Gasteiger partial charge in [0.15, 0.2) is 0 Å². The predicted octanol–water partition coefficient (Wildman–Crippen LogP) is 3.06. The first-order chi connectivity index (χ1) is 11.4. The molecular formula is C18H22N2O3S. The second-order valence-electron chi connectivity index (χ2n) is 6.23. The molecule has 0 amide bonds. The predicted molar refractivity (Wildman–Crippen MR) is 92.5 cm³/mol. The first kappa shape index (κ1) is 16.9. The number of aromatic nitrogens is 1. The van der Waals surface area contributed by atoms with E-state index in [1.807, 2.05) is 26.0 Å². The highest BCUT2D eigenvalue weighted by Gasteiger charge is 2.39. The second kappa shape index (κ2) is 6.53. The molecule has 0 spiro atoms. The number of benzene rings is 1. The van der Waals surface area contributed by atoms with Gasteiger partial charge in [0.2, 0.25) is 10.0 Å². The summed E-state index contributed by atoms with van der Waals surface area (Å²) in [7, 11) is -1.99. The van der Waals surface area contributed by atoms with Crippen LogP contribution in [0.5, 0.6) is 5.75 Å². The summed E-state index contributed by atoms with van der Waals surface area (Å²) < 4.78 is 33.5. The van der Waals surface area contributed by atoms with E-state index in [4.69, 9.17) is 4.74 Å². The summed E-state index contributed by atoms with van der Waals surface area (Å²) in [6.07, 6.45) is 5.23. The van der Waals surface area contributed by atoms with E-state index in [1.165, 1.54) is 0 Å². The normalized spacial score (nSPS) is 14.8. The molecule has 1 aromatic carbocycles. The fourth-order valence-corrected chi connectivity index (χ4v) is 5.09. The van der Waals surface area contributed by atoms with Gasteiger partial charge in [0.05, 0.1) is 12.0 Å². The third-order valence-electron chi connectivity index (χ3n) is 4.25. The van der Waals surface area contributed by atoms with Crippen molar-refractivity contribution in [1.29, 1.82) is 0 Å². The number of pyridine rings is 1. The summed E-state index contributed by atoms with van der Waals surface area (Å²) in [6.45, 7) is 3.99. The maximum atomic E-state index is 13.3.